The van der Waals surface area contributed by atoms with Crippen LogP contribution < -0.4 is 45.3 Å². The Labute approximate surface area is 336 Å². The second-order valence-electron chi connectivity index (χ2n) is 18.6. The van der Waals surface area contributed by atoms with E-state index >= 15 is 0 Å². The van der Waals surface area contributed by atoms with E-state index in [1.165, 1.54) is 39.0 Å². The van der Waals surface area contributed by atoms with Gasteiger partial charge in [-0.25, -0.2) is 0 Å². The van der Waals surface area contributed by atoms with Gasteiger partial charge >= 0.3 is 0 Å². The first-order valence-electron chi connectivity index (χ1n) is 20.4. The van der Waals surface area contributed by atoms with E-state index in [4.69, 9.17) is 23.4 Å². The van der Waals surface area contributed by atoms with Crippen LogP contribution in [0.25, 0.3) is 11.0 Å². The van der Waals surface area contributed by atoms with Crippen molar-refractivity contribution < 1.29 is 23.4 Å². The molecule has 0 saturated heterocycles. The highest BCUT2D eigenvalue weighted by atomic mass is 16.6. The highest BCUT2D eigenvalue weighted by Gasteiger charge is 2.48. The number of rotatable bonds is 2. The Bertz CT molecular complexity index is 2670. The molecule has 8 heteroatoms. The van der Waals surface area contributed by atoms with Gasteiger partial charge in [0, 0.05) is 34.1 Å². The van der Waals surface area contributed by atoms with E-state index in [9.17, 15) is 0 Å². The van der Waals surface area contributed by atoms with Crippen LogP contribution in [0.3, 0.4) is 0 Å². The van der Waals surface area contributed by atoms with Crippen molar-refractivity contribution in [3.63, 3.8) is 0 Å². The first kappa shape index (κ1) is 35.9. The number of aryl methyl sites for hydroxylation is 4. The monoisotopic (exact) mass is 758 g/mol. The van der Waals surface area contributed by atoms with Crippen molar-refractivity contribution in [1.29, 1.82) is 0 Å². The minimum atomic E-state index is -0.221. The van der Waals surface area contributed by atoms with Gasteiger partial charge in [0.05, 0.1) is 22.7 Å². The summed E-state index contributed by atoms with van der Waals surface area (Å²) in [6, 6.07) is 22.7. The number of furan rings is 1. The van der Waals surface area contributed by atoms with E-state index in [0.717, 1.165) is 84.7 Å². The summed E-state index contributed by atoms with van der Waals surface area (Å²) in [5, 5.41) is 1.09. The average molecular weight is 759 g/mol. The number of hydrogen-bond donors (Lipinski definition) is 0. The van der Waals surface area contributed by atoms with Gasteiger partial charge in [-0.1, -0.05) is 59.7 Å². The van der Waals surface area contributed by atoms with Gasteiger partial charge in [0.1, 0.15) is 32.0 Å². The zero-order chi connectivity index (χ0) is 39.9. The van der Waals surface area contributed by atoms with E-state index in [2.05, 4.69) is 147 Å². The van der Waals surface area contributed by atoms with Gasteiger partial charge < -0.3 is 33.2 Å². The molecule has 57 heavy (non-hydrogen) atoms. The zero-order valence-electron chi connectivity index (χ0n) is 35.1. The maximum atomic E-state index is 7.24. The number of hydrogen-bond acceptors (Lipinski definition) is 7. The number of ether oxygens (including phenoxy) is 4. The Kier molecular flexibility index (Phi) is 7.71. The van der Waals surface area contributed by atoms with E-state index < -0.39 is 0 Å². The van der Waals surface area contributed by atoms with E-state index in [1.807, 2.05) is 0 Å². The molecule has 6 aromatic rings. The molecular formula is C49H51BN2O5. The zero-order valence-corrected chi connectivity index (χ0v) is 35.1. The highest BCUT2D eigenvalue weighted by Crippen LogP contribution is 2.53. The molecule has 1 aromatic heterocycles. The van der Waals surface area contributed by atoms with Crippen LogP contribution >= 0.6 is 0 Å². The molecule has 4 aliphatic heterocycles. The van der Waals surface area contributed by atoms with Crippen LogP contribution in [0.2, 0.25) is 0 Å². The summed E-state index contributed by atoms with van der Waals surface area (Å²) in [6.07, 6.45) is 0. The molecule has 290 valence electrons. The smallest absolute Gasteiger partial charge is 0.297 e. The lowest BCUT2D eigenvalue weighted by atomic mass is 9.35. The summed E-state index contributed by atoms with van der Waals surface area (Å²) in [5.74, 6) is 3.13. The highest BCUT2D eigenvalue weighted by molar-refractivity contribution is 7.00. The van der Waals surface area contributed by atoms with Crippen LogP contribution in [-0.4, -0.2) is 33.1 Å². The molecule has 0 radical (unpaired) electrons. The molecule has 0 bridgehead atoms. The molecule has 4 aliphatic rings. The first-order valence-corrected chi connectivity index (χ1v) is 20.4. The van der Waals surface area contributed by atoms with Gasteiger partial charge in [0.15, 0.2) is 23.0 Å². The summed E-state index contributed by atoms with van der Waals surface area (Å²) in [5.41, 5.74) is 19.0. The van der Waals surface area contributed by atoms with Gasteiger partial charge in [-0.3, -0.25) is 0 Å². The van der Waals surface area contributed by atoms with Crippen molar-refractivity contribution in [2.75, 3.05) is 36.2 Å². The number of anilines is 6. The lowest BCUT2D eigenvalue weighted by Gasteiger charge is -2.44. The van der Waals surface area contributed by atoms with Gasteiger partial charge in [-0.15, -0.1) is 0 Å². The summed E-state index contributed by atoms with van der Waals surface area (Å²) in [6.45, 7) is 26.6. The molecule has 0 N–H and O–H groups in total. The average Bonchev–Trinajstić information content (AvgIpc) is 3.53. The number of fused-ring (bicyclic) bond motifs is 8. The lowest BCUT2D eigenvalue weighted by molar-refractivity contribution is 0.170. The molecule has 0 fully saturated rings. The molecule has 7 nitrogen and oxygen atoms in total. The van der Waals surface area contributed by atoms with Crippen molar-refractivity contribution in [3.8, 4) is 23.0 Å². The normalized spacial score (nSPS) is 15.5. The maximum Gasteiger partial charge on any atom is 0.297 e. The van der Waals surface area contributed by atoms with Crippen molar-refractivity contribution in [2.24, 2.45) is 0 Å². The summed E-state index contributed by atoms with van der Waals surface area (Å²) >= 11 is 0. The van der Waals surface area contributed by atoms with Gasteiger partial charge in [0.2, 0.25) is 0 Å². The molecule has 0 aliphatic carbocycles. The minimum absolute atomic E-state index is 0.0100. The molecule has 10 rings (SSSR count). The Hall–Kier alpha value is -5.50. The maximum absolute atomic E-state index is 7.24. The fourth-order valence-corrected chi connectivity index (χ4v) is 9.68. The molecule has 0 amide bonds. The van der Waals surface area contributed by atoms with Crippen LogP contribution in [-0.2, 0) is 10.8 Å². The SMILES string of the molecule is Cc1cc2c3c(c1)N(c1c(C)cc4c(c1C)OCCO4)c1c(oc4ccc(C(C)(C)C)cc14)B3c1cc3c(cc1N2c1c(C)cc(C(C)(C)C)cc1C)OCCO3. The van der Waals surface area contributed by atoms with Crippen LogP contribution in [0.15, 0.2) is 65.1 Å². The molecule has 0 saturated carbocycles. The largest absolute Gasteiger partial charge is 0.486 e. The van der Waals surface area contributed by atoms with Crippen molar-refractivity contribution in [1.82, 2.24) is 0 Å². The third-order valence-electron chi connectivity index (χ3n) is 12.4. The molecule has 0 unspecified atom stereocenters. The molecule has 0 spiro atoms. The fraction of sp³-hybridized carbons (Fsp3) is 0.347. The van der Waals surface area contributed by atoms with E-state index in [-0.39, 0.29) is 17.5 Å². The Morgan fingerprint density at radius 1 is 0.544 bits per heavy atom. The third-order valence-corrected chi connectivity index (χ3v) is 12.4. The fourth-order valence-electron chi connectivity index (χ4n) is 9.68. The molecule has 5 heterocycles. The predicted molar refractivity (Wildman–Crippen MR) is 233 cm³/mol. The molecule has 5 aromatic carbocycles. The van der Waals surface area contributed by atoms with Gasteiger partial charge in [-0.2, -0.15) is 0 Å². The van der Waals surface area contributed by atoms with E-state index in [1.54, 1.807) is 0 Å². The van der Waals surface area contributed by atoms with Crippen LogP contribution in [0, 0.1) is 34.6 Å². The van der Waals surface area contributed by atoms with E-state index in [0.29, 0.717) is 26.4 Å². The quantitative estimate of drug-likeness (QED) is 0.163. The topological polar surface area (TPSA) is 56.5 Å². The van der Waals surface area contributed by atoms with Crippen molar-refractivity contribution in [2.45, 2.75) is 87.0 Å². The third kappa shape index (κ3) is 5.32. The van der Waals surface area contributed by atoms with Crippen LogP contribution in [0.4, 0.5) is 34.1 Å². The number of nitrogens with zero attached hydrogens (tertiary/aromatic N) is 2. The second kappa shape index (κ2) is 12.3. The van der Waals surface area contributed by atoms with Crippen molar-refractivity contribution >= 4 is 68.4 Å². The Morgan fingerprint density at radius 2 is 1.14 bits per heavy atom. The van der Waals surface area contributed by atoms with Gasteiger partial charge in [0.25, 0.3) is 6.71 Å². The summed E-state index contributed by atoms with van der Waals surface area (Å²) in [4.78, 5) is 4.96. The predicted octanol–water partition coefficient (Wildman–Crippen LogP) is 10.2. The standard InChI is InChI=1S/C49H51BN2O5/c1-26-18-36-42-37(19-26)52(44-29(4)22-41-46(30(44)5)56-17-16-55-41)45-33-23-31(48(6,7)8)12-13-38(33)57-47(45)50(42)34-24-39-40(54-15-14-53-39)25-35(34)51(36)43-27(2)20-32(21-28(43)3)49(9,10)11/h12-13,18-25H,14-17H2,1-11H3. The summed E-state index contributed by atoms with van der Waals surface area (Å²) in [7, 11) is 0. The van der Waals surface area contributed by atoms with Gasteiger partial charge in [-0.05, 0) is 126 Å². The lowest BCUT2D eigenvalue weighted by Crippen LogP contribution is -2.61. The number of benzene rings is 5. The Balaban J connectivity index is 1.34. The van der Waals surface area contributed by atoms with Crippen LogP contribution in [0.5, 0.6) is 23.0 Å². The molecule has 0 atom stereocenters. The summed E-state index contributed by atoms with van der Waals surface area (Å²) < 4.78 is 32.4. The van der Waals surface area contributed by atoms with Crippen LogP contribution in [0.1, 0.15) is 80.5 Å². The minimum Gasteiger partial charge on any atom is -0.486 e. The first-order chi connectivity index (χ1) is 27.1. The second-order valence-corrected chi connectivity index (χ2v) is 18.6. The Morgan fingerprint density at radius 3 is 1.81 bits per heavy atom. The molecular weight excluding hydrogens is 707 g/mol. The van der Waals surface area contributed by atoms with Crippen molar-refractivity contribution in [3.05, 3.63) is 99.6 Å².